The smallest absolute Gasteiger partial charge is 0.339 e. The maximum Gasteiger partial charge on any atom is 0.339 e. The summed E-state index contributed by atoms with van der Waals surface area (Å²) in [5.74, 6) is -2.10. The number of rotatable bonds is 1. The van der Waals surface area contributed by atoms with E-state index in [9.17, 15) is 20.1 Å². The summed E-state index contributed by atoms with van der Waals surface area (Å²) >= 11 is 0. The van der Waals surface area contributed by atoms with Gasteiger partial charge in [0.1, 0.15) is 22.8 Å². The molecule has 0 aliphatic carbocycles. The van der Waals surface area contributed by atoms with Crippen molar-refractivity contribution in [1.82, 2.24) is 0 Å². The lowest BCUT2D eigenvalue weighted by molar-refractivity contribution is 0.0694. The van der Waals surface area contributed by atoms with Gasteiger partial charge in [-0.3, -0.25) is 0 Å². The van der Waals surface area contributed by atoms with Crippen LogP contribution in [0.1, 0.15) is 10.4 Å². The molecule has 4 N–H and O–H groups in total. The van der Waals surface area contributed by atoms with Gasteiger partial charge in [-0.05, 0) is 23.6 Å². The molecule has 0 saturated carbocycles. The number of aromatic carboxylic acids is 1. The molecule has 0 unspecified atom stereocenters. The Morgan fingerprint density at radius 2 is 1.62 bits per heavy atom. The van der Waals surface area contributed by atoms with Crippen molar-refractivity contribution >= 4 is 16.7 Å². The van der Waals surface area contributed by atoms with Gasteiger partial charge in [-0.25, -0.2) is 4.79 Å². The number of carboxylic acid groups (broad SMARTS) is 1. The van der Waals surface area contributed by atoms with Crippen LogP contribution in [-0.4, -0.2) is 26.4 Å². The van der Waals surface area contributed by atoms with E-state index in [1.165, 1.54) is 12.1 Å². The number of phenols is 3. The number of fused-ring (bicyclic) bond motifs is 1. The van der Waals surface area contributed by atoms with Gasteiger partial charge < -0.3 is 20.4 Å². The molecule has 5 heteroatoms. The van der Waals surface area contributed by atoms with Crippen LogP contribution in [0, 0.1) is 0 Å². The first-order valence-corrected chi connectivity index (χ1v) is 4.41. The molecule has 0 spiro atoms. The second-order valence-corrected chi connectivity index (χ2v) is 3.36. The third-order valence-corrected chi connectivity index (χ3v) is 2.26. The van der Waals surface area contributed by atoms with Crippen LogP contribution in [0.25, 0.3) is 10.8 Å². The lowest BCUT2D eigenvalue weighted by Crippen LogP contribution is -1.96. The largest absolute Gasteiger partial charge is 0.508 e. The van der Waals surface area contributed by atoms with Crippen molar-refractivity contribution in [2.45, 2.75) is 0 Å². The van der Waals surface area contributed by atoms with E-state index in [0.717, 1.165) is 12.1 Å². The highest BCUT2D eigenvalue weighted by molar-refractivity contribution is 5.99. The minimum Gasteiger partial charge on any atom is -0.508 e. The number of phenolic OH excluding ortho intramolecular Hbond substituents is 2. The van der Waals surface area contributed by atoms with Crippen molar-refractivity contribution in [3.8, 4) is 17.2 Å². The molecule has 0 aromatic heterocycles. The number of aromatic hydroxyl groups is 3. The van der Waals surface area contributed by atoms with Gasteiger partial charge in [-0.2, -0.15) is 0 Å². The predicted molar refractivity (Wildman–Crippen MR) is 55.9 cm³/mol. The van der Waals surface area contributed by atoms with E-state index in [4.69, 9.17) is 5.11 Å². The van der Waals surface area contributed by atoms with Gasteiger partial charge in [0.05, 0.1) is 0 Å². The molecular weight excluding hydrogens is 212 g/mol. The first kappa shape index (κ1) is 10.1. The van der Waals surface area contributed by atoms with Crippen molar-refractivity contribution in [3.63, 3.8) is 0 Å². The van der Waals surface area contributed by atoms with E-state index < -0.39 is 11.7 Å². The van der Waals surface area contributed by atoms with E-state index in [-0.39, 0.29) is 22.4 Å². The molecule has 16 heavy (non-hydrogen) atoms. The molecule has 2 aromatic rings. The average Bonchev–Trinajstić information content (AvgIpc) is 2.18. The summed E-state index contributed by atoms with van der Waals surface area (Å²) in [6, 6.07) is 4.75. The summed E-state index contributed by atoms with van der Waals surface area (Å²) in [5.41, 5.74) is -0.280. The normalized spacial score (nSPS) is 10.5. The third-order valence-electron chi connectivity index (χ3n) is 2.26. The van der Waals surface area contributed by atoms with Gasteiger partial charge in [-0.15, -0.1) is 0 Å². The molecule has 5 nitrogen and oxygen atoms in total. The number of benzene rings is 2. The highest BCUT2D eigenvalue weighted by Crippen LogP contribution is 2.34. The molecule has 2 rings (SSSR count). The van der Waals surface area contributed by atoms with Crippen LogP contribution in [0.4, 0.5) is 0 Å². The Hall–Kier alpha value is -2.43. The average molecular weight is 220 g/mol. The molecule has 0 radical (unpaired) electrons. The number of carbonyl (C=O) groups is 1. The van der Waals surface area contributed by atoms with Crippen LogP contribution in [0.5, 0.6) is 17.2 Å². The van der Waals surface area contributed by atoms with E-state index in [0.29, 0.717) is 5.39 Å². The quantitative estimate of drug-likeness (QED) is 0.585. The maximum absolute atomic E-state index is 10.8. The van der Waals surface area contributed by atoms with Crippen molar-refractivity contribution in [2.75, 3.05) is 0 Å². The molecule has 0 saturated heterocycles. The number of hydrogen-bond donors (Lipinski definition) is 4. The Balaban J connectivity index is 2.84. The van der Waals surface area contributed by atoms with Gasteiger partial charge in [0, 0.05) is 11.5 Å². The highest BCUT2D eigenvalue weighted by atomic mass is 16.4. The monoisotopic (exact) mass is 220 g/mol. The third kappa shape index (κ3) is 1.48. The molecule has 0 atom stereocenters. The molecule has 0 aliphatic rings. The van der Waals surface area contributed by atoms with Crippen LogP contribution < -0.4 is 0 Å². The zero-order valence-corrected chi connectivity index (χ0v) is 8.01. The van der Waals surface area contributed by atoms with Gasteiger partial charge >= 0.3 is 5.97 Å². The second-order valence-electron chi connectivity index (χ2n) is 3.36. The molecule has 2 aromatic carbocycles. The predicted octanol–water partition coefficient (Wildman–Crippen LogP) is 1.65. The standard InChI is InChI=1S/C11H8O5/c12-6-1-5-2-8(11(15)16)10(14)4-7(5)9(13)3-6/h1-4,12-14H,(H,15,16). The Bertz CT molecular complexity index is 588. The second kappa shape index (κ2) is 3.30. The lowest BCUT2D eigenvalue weighted by Gasteiger charge is -2.05. The molecule has 0 amide bonds. The van der Waals surface area contributed by atoms with Crippen molar-refractivity contribution in [2.24, 2.45) is 0 Å². The molecule has 0 aliphatic heterocycles. The molecule has 0 heterocycles. The van der Waals surface area contributed by atoms with E-state index in [1.807, 2.05) is 0 Å². The van der Waals surface area contributed by atoms with Gasteiger partial charge in [0.25, 0.3) is 0 Å². The molecule has 0 bridgehead atoms. The summed E-state index contributed by atoms with van der Waals surface area (Å²) in [7, 11) is 0. The van der Waals surface area contributed by atoms with Gasteiger partial charge in [0.2, 0.25) is 0 Å². The molecular formula is C11H8O5. The zero-order valence-electron chi connectivity index (χ0n) is 8.01. The van der Waals surface area contributed by atoms with Gasteiger partial charge in [0.15, 0.2) is 0 Å². The molecule has 82 valence electrons. The van der Waals surface area contributed by atoms with E-state index in [1.54, 1.807) is 0 Å². The Kier molecular flexibility index (Phi) is 2.09. The van der Waals surface area contributed by atoms with E-state index in [2.05, 4.69) is 0 Å². The lowest BCUT2D eigenvalue weighted by atomic mass is 10.0. The SMILES string of the molecule is O=C(O)c1cc2cc(O)cc(O)c2cc1O. The van der Waals surface area contributed by atoms with Crippen LogP contribution >= 0.6 is 0 Å². The minimum absolute atomic E-state index is 0.174. The van der Waals surface area contributed by atoms with Crippen LogP contribution in [0.2, 0.25) is 0 Å². The summed E-state index contributed by atoms with van der Waals surface area (Å²) in [6.45, 7) is 0. The van der Waals surface area contributed by atoms with Crippen molar-refractivity contribution < 1.29 is 25.2 Å². The molecule has 0 fully saturated rings. The number of carboxylic acids is 1. The number of hydrogen-bond acceptors (Lipinski definition) is 4. The van der Waals surface area contributed by atoms with Gasteiger partial charge in [-0.1, -0.05) is 0 Å². The fraction of sp³-hybridized carbons (Fsp3) is 0. The topological polar surface area (TPSA) is 98.0 Å². The summed E-state index contributed by atoms with van der Waals surface area (Å²) in [4.78, 5) is 10.8. The fourth-order valence-corrected chi connectivity index (χ4v) is 1.54. The van der Waals surface area contributed by atoms with E-state index >= 15 is 0 Å². The Labute approximate surface area is 89.8 Å². The minimum atomic E-state index is -1.28. The zero-order chi connectivity index (χ0) is 11.9. The first-order valence-electron chi connectivity index (χ1n) is 4.41. The summed E-state index contributed by atoms with van der Waals surface area (Å²) < 4.78 is 0. The van der Waals surface area contributed by atoms with Crippen molar-refractivity contribution in [1.29, 1.82) is 0 Å². The maximum atomic E-state index is 10.8. The highest BCUT2D eigenvalue weighted by Gasteiger charge is 2.13. The van der Waals surface area contributed by atoms with Crippen LogP contribution in [0.15, 0.2) is 24.3 Å². The van der Waals surface area contributed by atoms with Crippen molar-refractivity contribution in [3.05, 3.63) is 29.8 Å². The first-order chi connectivity index (χ1) is 7.49. The fourth-order valence-electron chi connectivity index (χ4n) is 1.54. The Morgan fingerprint density at radius 1 is 0.938 bits per heavy atom. The Morgan fingerprint density at radius 3 is 2.25 bits per heavy atom. The summed E-state index contributed by atoms with van der Waals surface area (Å²) in [5, 5.41) is 37.5. The van der Waals surface area contributed by atoms with Crippen LogP contribution in [0.3, 0.4) is 0 Å². The van der Waals surface area contributed by atoms with Crippen LogP contribution in [-0.2, 0) is 0 Å². The summed E-state index contributed by atoms with van der Waals surface area (Å²) in [6.07, 6.45) is 0.